The fraction of sp³-hybridized carbons (Fsp3) is 0.294. The van der Waals surface area contributed by atoms with E-state index in [9.17, 15) is 0 Å². The molecule has 0 N–H and O–H groups in total. The number of hydrogen-bond acceptors (Lipinski definition) is 4. The van der Waals surface area contributed by atoms with E-state index in [2.05, 4.69) is 40.3 Å². The second kappa shape index (κ2) is 6.76. The average molecular weight is 298 g/mol. The number of benzene rings is 1. The molecule has 0 spiro atoms. The van der Waals surface area contributed by atoms with E-state index < -0.39 is 0 Å². The number of rotatable bonds is 5. The van der Waals surface area contributed by atoms with Gasteiger partial charge in [-0.3, -0.25) is 0 Å². The van der Waals surface area contributed by atoms with Gasteiger partial charge in [-0.25, -0.2) is 9.97 Å². The first-order valence-corrected chi connectivity index (χ1v) is 8.21. The number of ether oxygens (including phenoxy) is 1. The number of thioether (sulfide) groups is 1. The van der Waals surface area contributed by atoms with Gasteiger partial charge in [-0.15, -0.1) is 0 Å². The summed E-state index contributed by atoms with van der Waals surface area (Å²) in [6.45, 7) is 2.67. The van der Waals surface area contributed by atoms with E-state index in [1.165, 1.54) is 11.1 Å². The van der Waals surface area contributed by atoms with Crippen molar-refractivity contribution in [2.75, 3.05) is 6.61 Å². The van der Waals surface area contributed by atoms with Crippen molar-refractivity contribution in [3.05, 3.63) is 59.4 Å². The smallest absolute Gasteiger partial charge is 0.188 e. The molecule has 0 atom stereocenters. The molecule has 21 heavy (non-hydrogen) atoms. The van der Waals surface area contributed by atoms with Crippen molar-refractivity contribution in [2.45, 2.75) is 30.7 Å². The molecule has 1 aromatic carbocycles. The Morgan fingerprint density at radius 3 is 2.90 bits per heavy atom. The lowest BCUT2D eigenvalue weighted by molar-refractivity contribution is 0.293. The van der Waals surface area contributed by atoms with E-state index in [4.69, 9.17) is 4.74 Å². The molecule has 3 nitrogen and oxygen atoms in total. The zero-order chi connectivity index (χ0) is 14.5. The molecule has 0 saturated heterocycles. The SMILES string of the molecule is CCOC1=CCCc2cnc(SCc3ccccc3)nc21. The molecule has 2 aromatic rings. The maximum atomic E-state index is 5.69. The Labute approximate surface area is 129 Å². The predicted molar refractivity (Wildman–Crippen MR) is 86.0 cm³/mol. The van der Waals surface area contributed by atoms with Gasteiger partial charge in [-0.1, -0.05) is 42.1 Å². The predicted octanol–water partition coefficient (Wildman–Crippen LogP) is 4.09. The van der Waals surface area contributed by atoms with E-state index in [1.54, 1.807) is 11.8 Å². The molecule has 0 bridgehead atoms. The maximum Gasteiger partial charge on any atom is 0.188 e. The summed E-state index contributed by atoms with van der Waals surface area (Å²) in [6, 6.07) is 10.4. The van der Waals surface area contributed by atoms with E-state index in [0.717, 1.165) is 35.2 Å². The minimum absolute atomic E-state index is 0.668. The largest absolute Gasteiger partial charge is 0.492 e. The number of nitrogens with zero attached hydrogens (tertiary/aromatic N) is 2. The number of fused-ring (bicyclic) bond motifs is 1. The van der Waals surface area contributed by atoms with E-state index in [1.807, 2.05) is 19.2 Å². The highest BCUT2D eigenvalue weighted by Crippen LogP contribution is 2.28. The van der Waals surface area contributed by atoms with Crippen LogP contribution in [0.3, 0.4) is 0 Å². The molecule has 1 heterocycles. The van der Waals surface area contributed by atoms with Crippen LogP contribution in [-0.2, 0) is 16.9 Å². The molecule has 1 aliphatic carbocycles. The Kier molecular flexibility index (Phi) is 4.55. The molecule has 1 aromatic heterocycles. The Bertz CT molecular complexity index is 640. The van der Waals surface area contributed by atoms with Crippen molar-refractivity contribution < 1.29 is 4.74 Å². The van der Waals surface area contributed by atoms with E-state index >= 15 is 0 Å². The first-order valence-electron chi connectivity index (χ1n) is 7.23. The standard InChI is InChI=1S/C17H18N2OS/c1-2-20-15-10-6-9-14-11-18-17(19-16(14)15)21-12-13-7-4-3-5-8-13/h3-5,7-8,10-11H,2,6,9,12H2,1H3. The lowest BCUT2D eigenvalue weighted by Gasteiger charge is -2.17. The van der Waals surface area contributed by atoms with Crippen LogP contribution in [0, 0.1) is 0 Å². The summed E-state index contributed by atoms with van der Waals surface area (Å²) in [4.78, 5) is 9.16. The number of aryl methyl sites for hydroxylation is 1. The highest BCUT2D eigenvalue weighted by molar-refractivity contribution is 7.98. The molecule has 0 unspecified atom stereocenters. The molecular formula is C17H18N2OS. The second-order valence-corrected chi connectivity index (χ2v) is 5.78. The summed E-state index contributed by atoms with van der Waals surface area (Å²) in [7, 11) is 0. The highest BCUT2D eigenvalue weighted by atomic mass is 32.2. The van der Waals surface area contributed by atoms with Crippen molar-refractivity contribution >= 4 is 17.5 Å². The van der Waals surface area contributed by atoms with Gasteiger partial charge in [-0.05, 0) is 31.4 Å². The third kappa shape index (κ3) is 3.45. The zero-order valence-corrected chi connectivity index (χ0v) is 12.9. The van der Waals surface area contributed by atoms with Gasteiger partial charge in [0.15, 0.2) is 5.16 Å². The summed E-state index contributed by atoms with van der Waals surface area (Å²) in [5.74, 6) is 1.79. The van der Waals surface area contributed by atoms with Crippen molar-refractivity contribution in [1.29, 1.82) is 0 Å². The summed E-state index contributed by atoms with van der Waals surface area (Å²) in [5, 5.41) is 0.810. The fourth-order valence-corrected chi connectivity index (χ4v) is 3.09. The van der Waals surface area contributed by atoms with Crippen LogP contribution in [0.2, 0.25) is 0 Å². The monoisotopic (exact) mass is 298 g/mol. The van der Waals surface area contributed by atoms with Crippen LogP contribution in [0.1, 0.15) is 30.2 Å². The van der Waals surface area contributed by atoms with Crippen LogP contribution in [-0.4, -0.2) is 16.6 Å². The molecule has 0 aliphatic heterocycles. The molecule has 0 amide bonds. The van der Waals surface area contributed by atoms with Crippen LogP contribution < -0.4 is 0 Å². The topological polar surface area (TPSA) is 35.0 Å². The van der Waals surface area contributed by atoms with Gasteiger partial charge in [0, 0.05) is 17.5 Å². The molecule has 0 radical (unpaired) electrons. The minimum Gasteiger partial charge on any atom is -0.492 e. The third-order valence-electron chi connectivity index (χ3n) is 3.33. The highest BCUT2D eigenvalue weighted by Gasteiger charge is 2.16. The van der Waals surface area contributed by atoms with Gasteiger partial charge in [0.1, 0.15) is 11.5 Å². The summed E-state index contributed by atoms with van der Waals surface area (Å²) >= 11 is 1.66. The van der Waals surface area contributed by atoms with Crippen LogP contribution in [0.5, 0.6) is 0 Å². The second-order valence-electron chi connectivity index (χ2n) is 4.84. The van der Waals surface area contributed by atoms with Crippen LogP contribution >= 0.6 is 11.8 Å². The third-order valence-corrected chi connectivity index (χ3v) is 4.26. The van der Waals surface area contributed by atoms with Crippen molar-refractivity contribution in [3.63, 3.8) is 0 Å². The van der Waals surface area contributed by atoms with E-state index in [-0.39, 0.29) is 0 Å². The quantitative estimate of drug-likeness (QED) is 0.615. The van der Waals surface area contributed by atoms with Gasteiger partial charge in [-0.2, -0.15) is 0 Å². The molecule has 108 valence electrons. The Morgan fingerprint density at radius 2 is 2.10 bits per heavy atom. The molecule has 1 aliphatic rings. The molecule has 4 heteroatoms. The molecule has 3 rings (SSSR count). The van der Waals surface area contributed by atoms with Gasteiger partial charge >= 0.3 is 0 Å². The molecular weight excluding hydrogens is 280 g/mol. The Hall–Kier alpha value is -1.81. The van der Waals surface area contributed by atoms with Crippen molar-refractivity contribution in [3.8, 4) is 0 Å². The lowest BCUT2D eigenvalue weighted by Crippen LogP contribution is -2.07. The number of hydrogen-bond donors (Lipinski definition) is 0. The van der Waals surface area contributed by atoms with Gasteiger partial charge < -0.3 is 4.74 Å². The number of aromatic nitrogens is 2. The average Bonchev–Trinajstić information content (AvgIpc) is 2.54. The first-order chi connectivity index (χ1) is 10.4. The summed E-state index contributed by atoms with van der Waals surface area (Å²) in [5.41, 5.74) is 3.43. The summed E-state index contributed by atoms with van der Waals surface area (Å²) in [6.07, 6.45) is 6.07. The normalized spacial score (nSPS) is 13.5. The van der Waals surface area contributed by atoms with Crippen LogP contribution in [0.4, 0.5) is 0 Å². The summed E-state index contributed by atoms with van der Waals surface area (Å²) < 4.78 is 5.69. The van der Waals surface area contributed by atoms with Crippen LogP contribution in [0.15, 0.2) is 47.8 Å². The Balaban J connectivity index is 1.76. The maximum absolute atomic E-state index is 5.69. The number of allylic oxidation sites excluding steroid dienone is 1. The van der Waals surface area contributed by atoms with Gasteiger partial charge in [0.05, 0.1) is 6.61 Å². The molecule has 0 saturated carbocycles. The zero-order valence-electron chi connectivity index (χ0n) is 12.1. The fourth-order valence-electron chi connectivity index (χ4n) is 2.32. The van der Waals surface area contributed by atoms with Gasteiger partial charge in [0.2, 0.25) is 0 Å². The van der Waals surface area contributed by atoms with Gasteiger partial charge in [0.25, 0.3) is 0 Å². The van der Waals surface area contributed by atoms with E-state index in [0.29, 0.717) is 6.61 Å². The minimum atomic E-state index is 0.668. The van der Waals surface area contributed by atoms with Crippen molar-refractivity contribution in [2.24, 2.45) is 0 Å². The van der Waals surface area contributed by atoms with Crippen LogP contribution in [0.25, 0.3) is 5.76 Å². The first kappa shape index (κ1) is 14.1. The van der Waals surface area contributed by atoms with Crippen molar-refractivity contribution in [1.82, 2.24) is 9.97 Å². The lowest BCUT2D eigenvalue weighted by atomic mass is 10.0. The Morgan fingerprint density at radius 1 is 1.24 bits per heavy atom. The molecule has 0 fully saturated rings.